The summed E-state index contributed by atoms with van der Waals surface area (Å²) >= 11 is 0. The molecule has 0 aliphatic heterocycles. The van der Waals surface area contributed by atoms with Crippen LogP contribution in [-0.4, -0.2) is 25.5 Å². The van der Waals surface area contributed by atoms with E-state index >= 15 is 0 Å². The number of methoxy groups -OCH3 is 1. The minimum atomic E-state index is -0.265. The molecule has 0 radical (unpaired) electrons. The Bertz CT molecular complexity index is 986. The average molecular weight is 390 g/mol. The lowest BCUT2D eigenvalue weighted by Crippen LogP contribution is -2.14. The predicted molar refractivity (Wildman–Crippen MR) is 113 cm³/mol. The third-order valence-corrected chi connectivity index (χ3v) is 4.17. The second-order valence-corrected chi connectivity index (χ2v) is 6.15. The van der Waals surface area contributed by atoms with E-state index in [2.05, 4.69) is 10.6 Å². The van der Waals surface area contributed by atoms with Crippen LogP contribution in [0.2, 0.25) is 0 Å². The maximum atomic E-state index is 12.5. The summed E-state index contributed by atoms with van der Waals surface area (Å²) in [7, 11) is 1.52. The van der Waals surface area contributed by atoms with Crippen LogP contribution >= 0.6 is 0 Å². The highest BCUT2D eigenvalue weighted by Gasteiger charge is 2.12. The Labute approximate surface area is 169 Å². The van der Waals surface area contributed by atoms with E-state index in [0.717, 1.165) is 0 Å². The van der Waals surface area contributed by atoms with Gasteiger partial charge in [-0.15, -0.1) is 0 Å². The van der Waals surface area contributed by atoms with Crippen molar-refractivity contribution in [3.63, 3.8) is 0 Å². The van der Waals surface area contributed by atoms with E-state index in [1.54, 1.807) is 66.7 Å². The molecule has 3 rings (SSSR count). The van der Waals surface area contributed by atoms with Crippen LogP contribution in [0.5, 0.6) is 11.5 Å². The minimum Gasteiger partial charge on any atom is -0.495 e. The van der Waals surface area contributed by atoms with Gasteiger partial charge < -0.3 is 20.1 Å². The molecular weight excluding hydrogens is 368 g/mol. The average Bonchev–Trinajstić information content (AvgIpc) is 2.75. The van der Waals surface area contributed by atoms with Crippen molar-refractivity contribution in [1.82, 2.24) is 0 Å². The Morgan fingerprint density at radius 3 is 2.14 bits per heavy atom. The Balaban J connectivity index is 1.75. The number of hydrogen-bond donors (Lipinski definition) is 2. The van der Waals surface area contributed by atoms with Crippen molar-refractivity contribution in [1.29, 1.82) is 0 Å². The molecule has 0 saturated carbocycles. The first kappa shape index (κ1) is 19.9. The van der Waals surface area contributed by atoms with Crippen molar-refractivity contribution < 1.29 is 19.1 Å². The van der Waals surface area contributed by atoms with Crippen LogP contribution in [0.4, 0.5) is 11.4 Å². The largest absolute Gasteiger partial charge is 0.495 e. The van der Waals surface area contributed by atoms with Crippen molar-refractivity contribution >= 4 is 23.2 Å². The summed E-state index contributed by atoms with van der Waals surface area (Å²) < 4.78 is 10.7. The lowest BCUT2D eigenvalue weighted by atomic mass is 10.1. The molecule has 2 N–H and O–H groups in total. The van der Waals surface area contributed by atoms with Gasteiger partial charge in [0.2, 0.25) is 0 Å². The Morgan fingerprint density at radius 1 is 0.828 bits per heavy atom. The first-order chi connectivity index (χ1) is 14.1. The molecule has 6 heteroatoms. The highest BCUT2D eigenvalue weighted by molar-refractivity contribution is 6.07. The van der Waals surface area contributed by atoms with Gasteiger partial charge in [-0.2, -0.15) is 0 Å². The third-order valence-electron chi connectivity index (χ3n) is 4.17. The Kier molecular flexibility index (Phi) is 6.47. The molecule has 0 aromatic heterocycles. The van der Waals surface area contributed by atoms with Crippen molar-refractivity contribution in [3.05, 3.63) is 83.9 Å². The zero-order valence-electron chi connectivity index (χ0n) is 16.3. The molecule has 0 unspecified atom stereocenters. The number of amides is 2. The number of rotatable bonds is 7. The van der Waals surface area contributed by atoms with Gasteiger partial charge in [0.1, 0.15) is 11.5 Å². The molecule has 0 aliphatic rings. The minimum absolute atomic E-state index is 0.265. The summed E-state index contributed by atoms with van der Waals surface area (Å²) in [6.07, 6.45) is 0. The highest BCUT2D eigenvalue weighted by atomic mass is 16.5. The quantitative estimate of drug-likeness (QED) is 0.618. The lowest BCUT2D eigenvalue weighted by molar-refractivity contribution is 0.101. The molecule has 0 bridgehead atoms. The zero-order valence-corrected chi connectivity index (χ0v) is 16.3. The number of anilines is 2. The number of nitrogens with one attached hydrogen (secondary N) is 2. The summed E-state index contributed by atoms with van der Waals surface area (Å²) in [6, 6.07) is 20.8. The monoisotopic (exact) mass is 390 g/mol. The Morgan fingerprint density at radius 2 is 1.48 bits per heavy atom. The number of carbonyl (C=O) groups excluding carboxylic acids is 2. The number of benzene rings is 3. The van der Waals surface area contributed by atoms with Crippen molar-refractivity contribution in [2.45, 2.75) is 6.92 Å². The molecule has 29 heavy (non-hydrogen) atoms. The molecule has 0 fully saturated rings. The molecule has 3 aromatic carbocycles. The van der Waals surface area contributed by atoms with Crippen LogP contribution in [-0.2, 0) is 0 Å². The molecule has 0 heterocycles. The van der Waals surface area contributed by atoms with Crippen LogP contribution in [0.1, 0.15) is 27.6 Å². The maximum absolute atomic E-state index is 12.5. The summed E-state index contributed by atoms with van der Waals surface area (Å²) in [5, 5.41) is 5.65. The van der Waals surface area contributed by atoms with Crippen LogP contribution < -0.4 is 20.1 Å². The summed E-state index contributed by atoms with van der Waals surface area (Å²) in [5.74, 6) is 0.671. The smallest absolute Gasteiger partial charge is 0.255 e. The molecule has 0 spiro atoms. The van der Waals surface area contributed by atoms with Gasteiger partial charge in [0.05, 0.1) is 19.4 Å². The molecule has 6 nitrogen and oxygen atoms in total. The van der Waals surface area contributed by atoms with E-state index < -0.39 is 0 Å². The fourth-order valence-electron chi connectivity index (χ4n) is 2.74. The number of ether oxygens (including phenoxy) is 2. The molecule has 0 atom stereocenters. The third kappa shape index (κ3) is 5.13. The van der Waals surface area contributed by atoms with E-state index in [0.29, 0.717) is 40.6 Å². The van der Waals surface area contributed by atoms with Crippen LogP contribution in [0.15, 0.2) is 72.8 Å². The summed E-state index contributed by atoms with van der Waals surface area (Å²) in [5.41, 5.74) is 2.02. The van der Waals surface area contributed by atoms with Gasteiger partial charge in [-0.05, 0) is 61.5 Å². The van der Waals surface area contributed by atoms with Gasteiger partial charge >= 0.3 is 0 Å². The van der Waals surface area contributed by atoms with Gasteiger partial charge in [-0.25, -0.2) is 0 Å². The van der Waals surface area contributed by atoms with E-state index in [4.69, 9.17) is 9.47 Å². The molecule has 2 amide bonds. The molecular formula is C23H22N2O4. The second kappa shape index (κ2) is 9.41. The zero-order chi connectivity index (χ0) is 20.6. The van der Waals surface area contributed by atoms with Crippen LogP contribution in [0, 0.1) is 0 Å². The van der Waals surface area contributed by atoms with Gasteiger partial charge in [0.15, 0.2) is 0 Å². The fraction of sp³-hybridized carbons (Fsp3) is 0.130. The van der Waals surface area contributed by atoms with E-state index in [1.807, 2.05) is 13.0 Å². The topological polar surface area (TPSA) is 76.7 Å². The summed E-state index contributed by atoms with van der Waals surface area (Å²) in [6.45, 7) is 2.47. The second-order valence-electron chi connectivity index (χ2n) is 6.15. The molecule has 3 aromatic rings. The fourth-order valence-corrected chi connectivity index (χ4v) is 2.74. The van der Waals surface area contributed by atoms with Gasteiger partial charge in [-0.1, -0.05) is 18.2 Å². The molecule has 0 aliphatic carbocycles. The first-order valence-corrected chi connectivity index (χ1v) is 9.19. The summed E-state index contributed by atoms with van der Waals surface area (Å²) in [4.78, 5) is 25.0. The standard InChI is InChI=1S/C23H22N2O4/c1-3-29-19-12-9-17(10-13-19)22(26)24-18-11-14-21(28-2)20(15-18)25-23(27)16-7-5-4-6-8-16/h4-15H,3H2,1-2H3,(H,24,26)(H,25,27). The highest BCUT2D eigenvalue weighted by Crippen LogP contribution is 2.28. The van der Waals surface area contributed by atoms with Crippen molar-refractivity contribution in [2.75, 3.05) is 24.4 Å². The first-order valence-electron chi connectivity index (χ1n) is 9.19. The van der Waals surface area contributed by atoms with Gasteiger partial charge in [0, 0.05) is 16.8 Å². The maximum Gasteiger partial charge on any atom is 0.255 e. The molecule has 148 valence electrons. The van der Waals surface area contributed by atoms with E-state index in [1.165, 1.54) is 7.11 Å². The van der Waals surface area contributed by atoms with E-state index in [-0.39, 0.29) is 11.8 Å². The van der Waals surface area contributed by atoms with Crippen LogP contribution in [0.3, 0.4) is 0 Å². The van der Waals surface area contributed by atoms with Gasteiger partial charge in [0.25, 0.3) is 11.8 Å². The van der Waals surface area contributed by atoms with Crippen molar-refractivity contribution in [3.8, 4) is 11.5 Å². The van der Waals surface area contributed by atoms with E-state index in [9.17, 15) is 9.59 Å². The predicted octanol–water partition coefficient (Wildman–Crippen LogP) is 4.60. The van der Waals surface area contributed by atoms with Crippen molar-refractivity contribution in [2.24, 2.45) is 0 Å². The SMILES string of the molecule is CCOc1ccc(C(=O)Nc2ccc(OC)c(NC(=O)c3ccccc3)c2)cc1. The lowest BCUT2D eigenvalue weighted by Gasteiger charge is -2.13. The van der Waals surface area contributed by atoms with Gasteiger partial charge in [-0.3, -0.25) is 9.59 Å². The number of carbonyl (C=O) groups is 2. The van der Waals surface area contributed by atoms with Crippen LogP contribution in [0.25, 0.3) is 0 Å². The number of hydrogen-bond acceptors (Lipinski definition) is 4. The molecule has 0 saturated heterocycles. The normalized spacial score (nSPS) is 10.1. The Hall–Kier alpha value is -3.80.